The Morgan fingerprint density at radius 1 is 1.40 bits per heavy atom. The molecule has 0 radical (unpaired) electrons. The average Bonchev–Trinajstić information content (AvgIpc) is 2.95. The minimum absolute atomic E-state index is 0.408. The molecule has 0 heterocycles. The normalized spacial score (nSPS) is 23.5. The first kappa shape index (κ1) is 11.0. The summed E-state index contributed by atoms with van der Waals surface area (Å²) in [5, 5.41) is 0. The number of hydrogen-bond donors (Lipinski definition) is 1. The molecule has 0 aromatic rings. The van der Waals surface area contributed by atoms with Crippen molar-refractivity contribution >= 4 is 0 Å². The molecule has 2 nitrogen and oxygen atoms in total. The van der Waals surface area contributed by atoms with Crippen molar-refractivity contribution in [3.05, 3.63) is 0 Å². The quantitative estimate of drug-likeness (QED) is 0.667. The molecule has 2 fully saturated rings. The molecule has 2 heteroatoms. The lowest BCUT2D eigenvalue weighted by Gasteiger charge is -2.44. The van der Waals surface area contributed by atoms with Crippen molar-refractivity contribution in [2.24, 2.45) is 17.1 Å². The van der Waals surface area contributed by atoms with E-state index >= 15 is 0 Å². The zero-order valence-electron chi connectivity index (χ0n) is 9.54. The van der Waals surface area contributed by atoms with Gasteiger partial charge in [0, 0.05) is 13.1 Å². The predicted molar refractivity (Wildman–Crippen MR) is 63.3 cm³/mol. The van der Waals surface area contributed by atoms with Crippen LogP contribution in [-0.2, 0) is 0 Å². The summed E-state index contributed by atoms with van der Waals surface area (Å²) in [6.45, 7) is 3.97. The lowest BCUT2D eigenvalue weighted by atomic mass is 9.68. The molecule has 2 saturated carbocycles. The van der Waals surface area contributed by atoms with Gasteiger partial charge in [-0.1, -0.05) is 12.3 Å². The molecule has 2 N–H and O–H groups in total. The van der Waals surface area contributed by atoms with E-state index in [1.807, 2.05) is 0 Å². The summed E-state index contributed by atoms with van der Waals surface area (Å²) in [6.07, 6.45) is 12.2. The molecule has 0 saturated heterocycles. The first-order valence-corrected chi connectivity index (χ1v) is 6.14. The first-order valence-electron chi connectivity index (χ1n) is 6.14. The van der Waals surface area contributed by atoms with Crippen molar-refractivity contribution < 1.29 is 0 Å². The van der Waals surface area contributed by atoms with Crippen LogP contribution in [0.1, 0.15) is 32.1 Å². The Bertz CT molecular complexity index is 240. The highest BCUT2D eigenvalue weighted by Crippen LogP contribution is 2.41. The van der Waals surface area contributed by atoms with Gasteiger partial charge in [0.25, 0.3) is 0 Å². The Labute approximate surface area is 93.2 Å². The topological polar surface area (TPSA) is 29.3 Å². The summed E-state index contributed by atoms with van der Waals surface area (Å²) in [5.74, 6) is 3.71. The molecule has 0 spiro atoms. The zero-order chi connectivity index (χ0) is 10.7. The number of hydrogen-bond acceptors (Lipinski definition) is 2. The van der Waals surface area contributed by atoms with Gasteiger partial charge in [0.05, 0.1) is 6.54 Å². The van der Waals surface area contributed by atoms with Gasteiger partial charge in [-0.3, -0.25) is 4.90 Å². The second kappa shape index (κ2) is 4.55. The van der Waals surface area contributed by atoms with E-state index in [0.29, 0.717) is 5.41 Å². The van der Waals surface area contributed by atoms with Crippen molar-refractivity contribution in [2.75, 3.05) is 26.2 Å². The smallest absolute Gasteiger partial charge is 0.0599 e. The summed E-state index contributed by atoms with van der Waals surface area (Å²) < 4.78 is 0. The highest BCUT2D eigenvalue weighted by Gasteiger charge is 2.37. The minimum atomic E-state index is 0.408. The van der Waals surface area contributed by atoms with E-state index in [2.05, 4.69) is 10.8 Å². The third kappa shape index (κ3) is 2.74. The van der Waals surface area contributed by atoms with E-state index < -0.39 is 0 Å². The van der Waals surface area contributed by atoms with Gasteiger partial charge >= 0.3 is 0 Å². The molecular formula is C13H22N2. The monoisotopic (exact) mass is 206 g/mol. The molecule has 0 aliphatic heterocycles. The minimum Gasteiger partial charge on any atom is -0.330 e. The Morgan fingerprint density at radius 3 is 2.53 bits per heavy atom. The third-order valence-corrected chi connectivity index (χ3v) is 3.93. The van der Waals surface area contributed by atoms with Crippen LogP contribution >= 0.6 is 0 Å². The molecule has 2 rings (SSSR count). The summed E-state index contributed by atoms with van der Waals surface area (Å²) >= 11 is 0. The molecule has 0 bridgehead atoms. The molecule has 0 aromatic heterocycles. The standard InChI is InChI=1S/C13H22N2/c1-2-8-15(9-12-4-5-12)11-13(10-14)6-3-7-13/h1,12H,3-11,14H2. The molecule has 2 aliphatic rings. The fourth-order valence-electron chi connectivity index (χ4n) is 2.56. The predicted octanol–water partition coefficient (Wildman–Crippen LogP) is 1.46. The third-order valence-electron chi connectivity index (χ3n) is 3.93. The van der Waals surface area contributed by atoms with Crippen molar-refractivity contribution in [1.82, 2.24) is 4.90 Å². The molecule has 84 valence electrons. The number of nitrogens with two attached hydrogens (primary N) is 1. The van der Waals surface area contributed by atoms with E-state index in [0.717, 1.165) is 25.6 Å². The molecule has 0 unspecified atom stereocenters. The summed E-state index contributed by atoms with van der Waals surface area (Å²) in [7, 11) is 0. The summed E-state index contributed by atoms with van der Waals surface area (Å²) in [6, 6.07) is 0. The summed E-state index contributed by atoms with van der Waals surface area (Å²) in [4.78, 5) is 2.45. The van der Waals surface area contributed by atoms with Gasteiger partial charge in [0.15, 0.2) is 0 Å². The van der Waals surface area contributed by atoms with Crippen LogP contribution in [0.5, 0.6) is 0 Å². The van der Waals surface area contributed by atoms with Crippen LogP contribution < -0.4 is 5.73 Å². The van der Waals surface area contributed by atoms with Crippen LogP contribution in [0.3, 0.4) is 0 Å². The number of rotatable bonds is 6. The maximum absolute atomic E-state index is 5.88. The lowest BCUT2D eigenvalue weighted by Crippen LogP contribution is -2.47. The Balaban J connectivity index is 1.83. The summed E-state index contributed by atoms with van der Waals surface area (Å²) in [5.41, 5.74) is 6.29. The Morgan fingerprint density at radius 2 is 2.13 bits per heavy atom. The lowest BCUT2D eigenvalue weighted by molar-refractivity contribution is 0.0793. The Hall–Kier alpha value is -0.520. The van der Waals surface area contributed by atoms with Gasteiger partial charge in [-0.05, 0) is 43.6 Å². The molecule has 2 aliphatic carbocycles. The van der Waals surface area contributed by atoms with E-state index in [-0.39, 0.29) is 0 Å². The molecule has 15 heavy (non-hydrogen) atoms. The van der Waals surface area contributed by atoms with Gasteiger partial charge in [0.1, 0.15) is 0 Å². The molecule has 0 aromatic carbocycles. The van der Waals surface area contributed by atoms with Crippen molar-refractivity contribution in [3.63, 3.8) is 0 Å². The van der Waals surface area contributed by atoms with Crippen LogP contribution in [0.15, 0.2) is 0 Å². The first-order chi connectivity index (χ1) is 7.28. The van der Waals surface area contributed by atoms with E-state index in [4.69, 9.17) is 12.2 Å². The molecular weight excluding hydrogens is 184 g/mol. The van der Waals surface area contributed by atoms with Gasteiger partial charge in [-0.25, -0.2) is 0 Å². The zero-order valence-corrected chi connectivity index (χ0v) is 9.54. The number of nitrogens with zero attached hydrogens (tertiary/aromatic N) is 1. The van der Waals surface area contributed by atoms with Gasteiger partial charge < -0.3 is 5.73 Å². The van der Waals surface area contributed by atoms with Crippen LogP contribution in [0.2, 0.25) is 0 Å². The highest BCUT2D eigenvalue weighted by molar-refractivity contribution is 4.96. The van der Waals surface area contributed by atoms with Gasteiger partial charge in [0.2, 0.25) is 0 Å². The largest absolute Gasteiger partial charge is 0.330 e. The Kier molecular flexibility index (Phi) is 3.33. The van der Waals surface area contributed by atoms with E-state index in [1.54, 1.807) is 0 Å². The molecule has 0 amide bonds. The van der Waals surface area contributed by atoms with Crippen molar-refractivity contribution in [2.45, 2.75) is 32.1 Å². The van der Waals surface area contributed by atoms with Crippen molar-refractivity contribution in [1.29, 1.82) is 0 Å². The van der Waals surface area contributed by atoms with Crippen LogP contribution in [0, 0.1) is 23.7 Å². The van der Waals surface area contributed by atoms with Crippen LogP contribution in [-0.4, -0.2) is 31.1 Å². The van der Waals surface area contributed by atoms with Crippen LogP contribution in [0.4, 0.5) is 0 Å². The SMILES string of the molecule is C#CCN(CC1CC1)CC1(CN)CCC1. The average molecular weight is 206 g/mol. The van der Waals surface area contributed by atoms with E-state index in [1.165, 1.54) is 38.6 Å². The second-order valence-corrected chi connectivity index (χ2v) is 5.37. The molecule has 0 atom stereocenters. The van der Waals surface area contributed by atoms with Gasteiger partial charge in [-0.15, -0.1) is 6.42 Å². The maximum Gasteiger partial charge on any atom is 0.0599 e. The maximum atomic E-state index is 5.88. The highest BCUT2D eigenvalue weighted by atomic mass is 15.1. The second-order valence-electron chi connectivity index (χ2n) is 5.37. The van der Waals surface area contributed by atoms with Crippen LogP contribution in [0.25, 0.3) is 0 Å². The van der Waals surface area contributed by atoms with Gasteiger partial charge in [-0.2, -0.15) is 0 Å². The van der Waals surface area contributed by atoms with E-state index in [9.17, 15) is 0 Å². The number of terminal acetylenes is 1. The van der Waals surface area contributed by atoms with Crippen molar-refractivity contribution in [3.8, 4) is 12.3 Å². The fourth-order valence-corrected chi connectivity index (χ4v) is 2.56. The fraction of sp³-hybridized carbons (Fsp3) is 0.846.